The van der Waals surface area contributed by atoms with Crippen LogP contribution in [0.4, 0.5) is 11.6 Å². The molecule has 0 unspecified atom stereocenters. The number of amides is 1. The van der Waals surface area contributed by atoms with Gasteiger partial charge in [0.25, 0.3) is 11.7 Å². The molecule has 136 valence electrons. The third kappa shape index (κ3) is 3.55. The van der Waals surface area contributed by atoms with Crippen LogP contribution in [0.15, 0.2) is 36.4 Å². The number of nitro groups is 1. The molecule has 1 amide bonds. The third-order valence-corrected chi connectivity index (χ3v) is 4.04. The lowest BCUT2D eigenvalue weighted by atomic mass is 10.1. The van der Waals surface area contributed by atoms with E-state index in [2.05, 4.69) is 4.98 Å². The molecule has 8 nitrogen and oxygen atoms in total. The van der Waals surface area contributed by atoms with Gasteiger partial charge in [-0.25, -0.2) is 0 Å². The topological polar surface area (TPSA) is 94.8 Å². The molecule has 2 heterocycles. The van der Waals surface area contributed by atoms with Crippen molar-refractivity contribution in [3.8, 4) is 11.5 Å². The quantitative estimate of drug-likeness (QED) is 0.586. The van der Waals surface area contributed by atoms with Crippen molar-refractivity contribution < 1.29 is 19.2 Å². The fourth-order valence-corrected chi connectivity index (χ4v) is 2.66. The zero-order chi connectivity index (χ0) is 18.9. The Balaban J connectivity index is 1.82. The monoisotopic (exact) mass is 377 g/mol. The summed E-state index contributed by atoms with van der Waals surface area (Å²) in [5, 5.41) is 11.6. The number of pyridine rings is 1. The molecule has 0 saturated heterocycles. The second kappa shape index (κ2) is 6.80. The Bertz CT molecular complexity index is 854. The molecule has 1 aliphatic heterocycles. The average Bonchev–Trinajstić information content (AvgIpc) is 2.59. The number of hydrogen-bond donors (Lipinski definition) is 0. The van der Waals surface area contributed by atoms with Gasteiger partial charge >= 0.3 is 5.82 Å². The van der Waals surface area contributed by atoms with E-state index >= 15 is 0 Å². The van der Waals surface area contributed by atoms with Crippen LogP contribution in [0.25, 0.3) is 0 Å². The zero-order valence-corrected chi connectivity index (χ0v) is 14.9. The van der Waals surface area contributed by atoms with Crippen molar-refractivity contribution in [3.05, 3.63) is 51.5 Å². The summed E-state index contributed by atoms with van der Waals surface area (Å²) in [6.45, 7) is 3.60. The predicted octanol–water partition coefficient (Wildman–Crippen LogP) is 3.23. The highest BCUT2D eigenvalue weighted by Crippen LogP contribution is 2.37. The standard InChI is InChI=1S/C17H16ClN3O5/c1-17(2)16(22)20(9-10-25-12-5-3-11(18)4-6-12)15-13(26-17)7-8-14(19-15)21(23)24/h3-8H,9-10H2,1-2H3. The Morgan fingerprint density at radius 1 is 1.27 bits per heavy atom. The molecule has 0 radical (unpaired) electrons. The second-order valence-corrected chi connectivity index (χ2v) is 6.56. The van der Waals surface area contributed by atoms with Crippen LogP contribution in [-0.2, 0) is 4.79 Å². The molecule has 1 aromatic carbocycles. The number of fused-ring (bicyclic) bond motifs is 1. The molecular weight excluding hydrogens is 362 g/mol. The van der Waals surface area contributed by atoms with Crippen molar-refractivity contribution >= 4 is 29.1 Å². The highest BCUT2D eigenvalue weighted by molar-refractivity contribution is 6.30. The number of benzene rings is 1. The van der Waals surface area contributed by atoms with E-state index in [0.717, 1.165) is 0 Å². The van der Waals surface area contributed by atoms with E-state index in [4.69, 9.17) is 21.1 Å². The lowest BCUT2D eigenvalue weighted by Gasteiger charge is -2.35. The van der Waals surface area contributed by atoms with Crippen molar-refractivity contribution in [1.29, 1.82) is 0 Å². The summed E-state index contributed by atoms with van der Waals surface area (Å²) in [4.78, 5) is 28.4. The number of nitrogens with zero attached hydrogens (tertiary/aromatic N) is 3. The van der Waals surface area contributed by atoms with Gasteiger partial charge in [0, 0.05) is 11.1 Å². The van der Waals surface area contributed by atoms with Gasteiger partial charge < -0.3 is 19.6 Å². The summed E-state index contributed by atoms with van der Waals surface area (Å²) in [6.07, 6.45) is 0. The number of rotatable bonds is 5. The van der Waals surface area contributed by atoms with E-state index in [1.165, 1.54) is 17.0 Å². The minimum atomic E-state index is -1.11. The molecule has 1 aliphatic rings. The fourth-order valence-electron chi connectivity index (χ4n) is 2.53. The summed E-state index contributed by atoms with van der Waals surface area (Å²) < 4.78 is 11.3. The normalized spacial score (nSPS) is 15.2. The molecule has 3 rings (SSSR count). The van der Waals surface area contributed by atoms with Crippen LogP contribution >= 0.6 is 11.6 Å². The van der Waals surface area contributed by atoms with Crippen molar-refractivity contribution in [3.63, 3.8) is 0 Å². The molecule has 0 saturated carbocycles. The Labute approximate surface area is 154 Å². The van der Waals surface area contributed by atoms with Gasteiger partial charge in [-0.05, 0) is 54.1 Å². The molecule has 0 fully saturated rings. The van der Waals surface area contributed by atoms with Crippen LogP contribution in [0.5, 0.6) is 11.5 Å². The summed E-state index contributed by atoms with van der Waals surface area (Å²) in [7, 11) is 0. The molecule has 0 N–H and O–H groups in total. The van der Waals surface area contributed by atoms with Gasteiger partial charge in [-0.2, -0.15) is 0 Å². The molecular formula is C17H16ClN3O5. The number of anilines is 1. The first-order valence-electron chi connectivity index (χ1n) is 7.83. The maximum atomic E-state index is 12.7. The van der Waals surface area contributed by atoms with E-state index < -0.39 is 10.5 Å². The van der Waals surface area contributed by atoms with Crippen LogP contribution in [-0.4, -0.2) is 34.6 Å². The van der Waals surface area contributed by atoms with Crippen LogP contribution in [0, 0.1) is 10.1 Å². The minimum absolute atomic E-state index is 0.114. The highest BCUT2D eigenvalue weighted by Gasteiger charge is 2.44. The Morgan fingerprint density at radius 2 is 1.96 bits per heavy atom. The van der Waals surface area contributed by atoms with Crippen LogP contribution in [0.3, 0.4) is 0 Å². The van der Waals surface area contributed by atoms with E-state index in [-0.39, 0.29) is 30.7 Å². The van der Waals surface area contributed by atoms with Gasteiger partial charge in [0.1, 0.15) is 12.4 Å². The molecule has 1 aromatic heterocycles. The third-order valence-electron chi connectivity index (χ3n) is 3.79. The van der Waals surface area contributed by atoms with Gasteiger partial charge in [0.05, 0.1) is 6.54 Å². The van der Waals surface area contributed by atoms with Gasteiger partial charge in [-0.3, -0.25) is 9.69 Å². The number of halogens is 1. The zero-order valence-electron chi connectivity index (χ0n) is 14.1. The Kier molecular flexibility index (Phi) is 4.69. The smallest absolute Gasteiger partial charge is 0.366 e. The lowest BCUT2D eigenvalue weighted by molar-refractivity contribution is -0.389. The van der Waals surface area contributed by atoms with Gasteiger partial charge in [0.2, 0.25) is 0 Å². The SMILES string of the molecule is CC1(C)Oc2ccc([N+](=O)[O-])nc2N(CCOc2ccc(Cl)cc2)C1=O. The first-order chi connectivity index (χ1) is 12.3. The summed E-state index contributed by atoms with van der Waals surface area (Å²) in [6, 6.07) is 9.50. The predicted molar refractivity (Wildman–Crippen MR) is 94.9 cm³/mol. The first kappa shape index (κ1) is 17.9. The van der Waals surface area contributed by atoms with Gasteiger partial charge in [-0.1, -0.05) is 11.6 Å². The van der Waals surface area contributed by atoms with Crippen LogP contribution in [0.2, 0.25) is 5.02 Å². The highest BCUT2D eigenvalue weighted by atomic mass is 35.5. The van der Waals surface area contributed by atoms with E-state index in [1.807, 2.05) is 0 Å². The van der Waals surface area contributed by atoms with Gasteiger partial charge in [-0.15, -0.1) is 0 Å². The van der Waals surface area contributed by atoms with E-state index in [1.54, 1.807) is 38.1 Å². The van der Waals surface area contributed by atoms with E-state index in [9.17, 15) is 14.9 Å². The molecule has 0 spiro atoms. The maximum Gasteiger partial charge on any atom is 0.366 e. The Morgan fingerprint density at radius 3 is 2.62 bits per heavy atom. The number of carbonyl (C=O) groups excluding carboxylic acids is 1. The number of aromatic nitrogens is 1. The molecule has 2 aromatic rings. The molecule has 0 bridgehead atoms. The van der Waals surface area contributed by atoms with E-state index in [0.29, 0.717) is 16.5 Å². The first-order valence-corrected chi connectivity index (χ1v) is 8.20. The van der Waals surface area contributed by atoms with Crippen LogP contribution in [0.1, 0.15) is 13.8 Å². The summed E-state index contributed by atoms with van der Waals surface area (Å²) in [5.41, 5.74) is -1.11. The van der Waals surface area contributed by atoms with Crippen molar-refractivity contribution in [2.75, 3.05) is 18.1 Å². The molecule has 26 heavy (non-hydrogen) atoms. The largest absolute Gasteiger partial charge is 0.492 e. The lowest BCUT2D eigenvalue weighted by Crippen LogP contribution is -2.53. The fraction of sp³-hybridized carbons (Fsp3) is 0.294. The van der Waals surface area contributed by atoms with Crippen LogP contribution < -0.4 is 14.4 Å². The van der Waals surface area contributed by atoms with Crippen molar-refractivity contribution in [1.82, 2.24) is 4.98 Å². The second-order valence-electron chi connectivity index (χ2n) is 6.12. The average molecular weight is 378 g/mol. The summed E-state index contributed by atoms with van der Waals surface area (Å²) >= 11 is 5.83. The molecule has 0 atom stereocenters. The summed E-state index contributed by atoms with van der Waals surface area (Å²) in [5.74, 6) is 0.317. The molecule has 0 aliphatic carbocycles. The Hall–Kier alpha value is -2.87. The number of hydrogen-bond acceptors (Lipinski definition) is 6. The number of ether oxygens (including phenoxy) is 2. The van der Waals surface area contributed by atoms with Gasteiger partial charge in [0.15, 0.2) is 11.4 Å². The minimum Gasteiger partial charge on any atom is -0.492 e. The number of carbonyl (C=O) groups is 1. The molecule has 9 heteroatoms. The van der Waals surface area contributed by atoms with Crippen molar-refractivity contribution in [2.45, 2.75) is 19.4 Å². The van der Waals surface area contributed by atoms with Crippen molar-refractivity contribution in [2.24, 2.45) is 0 Å². The maximum absolute atomic E-state index is 12.7.